The van der Waals surface area contributed by atoms with Crippen molar-refractivity contribution in [3.63, 3.8) is 0 Å². The van der Waals surface area contributed by atoms with Crippen LogP contribution in [0.2, 0.25) is 12.1 Å². The highest BCUT2D eigenvalue weighted by Gasteiger charge is 2.49. The van der Waals surface area contributed by atoms with Crippen LogP contribution in [0.1, 0.15) is 34.1 Å². The summed E-state index contributed by atoms with van der Waals surface area (Å²) < 4.78 is 68.9. The second-order valence-electron chi connectivity index (χ2n) is 5.85. The van der Waals surface area contributed by atoms with Gasteiger partial charge >= 0.3 is 29.8 Å². The molecule has 0 aliphatic heterocycles. The number of hydrogen-bond donors (Lipinski definition) is 0. The molecule has 0 spiro atoms. The number of hydrogen-bond acceptors (Lipinski definition) is 11. The Labute approximate surface area is 186 Å². The molecule has 0 atom stereocenters. The summed E-state index contributed by atoms with van der Waals surface area (Å²) in [6.45, 7) is 4.73. The molecule has 0 aromatic heterocycles. The largest absolute Gasteiger partial charge is 0.704 e. The summed E-state index contributed by atoms with van der Waals surface area (Å²) in [7, 11) is -2.15. The number of alkyl halides is 3. The molecule has 188 valence electrons. The molecule has 0 N–H and O–H groups in total. The first-order chi connectivity index (χ1) is 14.6. The molecule has 0 saturated heterocycles. The van der Waals surface area contributed by atoms with Gasteiger partial charge in [0.1, 0.15) is 0 Å². The third kappa shape index (κ3) is 13.4. The molecular weight excluding hydrogens is 481 g/mol. The highest BCUT2D eigenvalue weighted by Crippen LogP contribution is 2.19. The van der Waals surface area contributed by atoms with Crippen LogP contribution in [0.4, 0.5) is 13.2 Å². The minimum absolute atomic E-state index is 0.158. The average Bonchev–Trinajstić information content (AvgIpc) is 2.66. The number of ether oxygens (including phenoxy) is 1. The highest BCUT2D eigenvalue weighted by atomic mass is 28.4. The van der Waals surface area contributed by atoms with Crippen molar-refractivity contribution in [2.24, 2.45) is 0 Å². The van der Waals surface area contributed by atoms with Crippen molar-refractivity contribution in [1.82, 2.24) is 0 Å². The van der Waals surface area contributed by atoms with Crippen LogP contribution in [0.25, 0.3) is 0 Å². The second kappa shape index (κ2) is 14.9. The van der Waals surface area contributed by atoms with E-state index >= 15 is 0 Å². The minimum Gasteiger partial charge on any atom is -0.459 e. The maximum Gasteiger partial charge on any atom is 0.704 e. The van der Waals surface area contributed by atoms with Crippen LogP contribution < -0.4 is 0 Å². The maximum atomic E-state index is 11.8. The highest BCUT2D eigenvalue weighted by molar-refractivity contribution is 6.65. The van der Waals surface area contributed by atoms with Gasteiger partial charge < -0.3 is 31.3 Å². The third-order valence-corrected chi connectivity index (χ3v) is 8.85. The van der Waals surface area contributed by atoms with Crippen molar-refractivity contribution < 1.29 is 63.6 Å². The molecule has 11 nitrogen and oxygen atoms in total. The molecule has 16 heteroatoms. The van der Waals surface area contributed by atoms with Gasteiger partial charge in [-0.1, -0.05) is 6.92 Å². The van der Waals surface area contributed by atoms with E-state index in [0.717, 1.165) is 20.8 Å². The molecule has 0 radical (unpaired) electrons. The van der Waals surface area contributed by atoms with Crippen LogP contribution in [0.3, 0.4) is 0 Å². The topological polar surface area (TPSA) is 133 Å². The zero-order valence-electron chi connectivity index (χ0n) is 19.0. The van der Waals surface area contributed by atoms with Gasteiger partial charge in [-0.2, -0.15) is 13.2 Å². The first kappa shape index (κ1) is 32.2. The van der Waals surface area contributed by atoms with Gasteiger partial charge in [0.05, 0.1) is 12.7 Å². The van der Waals surface area contributed by atoms with E-state index in [1.54, 1.807) is 6.92 Å². The summed E-state index contributed by atoms with van der Waals surface area (Å²) in [5.41, 5.74) is 0. The average molecular weight is 511 g/mol. The lowest BCUT2D eigenvalue weighted by Crippen LogP contribution is -2.48. The van der Waals surface area contributed by atoms with Gasteiger partial charge in [-0.15, -0.1) is 0 Å². The van der Waals surface area contributed by atoms with Crippen LogP contribution in [-0.2, 0) is 50.5 Å². The Balaban J connectivity index is 0. The van der Waals surface area contributed by atoms with E-state index in [4.69, 9.17) is 26.6 Å². The molecule has 0 heterocycles. The van der Waals surface area contributed by atoms with Crippen molar-refractivity contribution in [2.45, 2.75) is 52.4 Å². The number of rotatable bonds is 11. The van der Waals surface area contributed by atoms with E-state index in [9.17, 15) is 32.3 Å². The summed E-state index contributed by atoms with van der Waals surface area (Å²) in [5, 5.41) is 0. The SMILES string of the molecule is CC[Si](OC(C)=O)(OC(C)=O)OC(C)=O.CO[Si](CCCOC(=O)C(F)(F)F)(OC)OC. The van der Waals surface area contributed by atoms with E-state index in [0.29, 0.717) is 0 Å². The molecule has 0 fully saturated rings. The predicted molar refractivity (Wildman–Crippen MR) is 105 cm³/mol. The van der Waals surface area contributed by atoms with Crippen molar-refractivity contribution in [1.29, 1.82) is 0 Å². The summed E-state index contributed by atoms with van der Waals surface area (Å²) in [6, 6.07) is 0.424. The van der Waals surface area contributed by atoms with E-state index < -0.39 is 47.7 Å². The van der Waals surface area contributed by atoms with Crippen molar-refractivity contribution >= 4 is 41.5 Å². The Morgan fingerprint density at radius 1 is 0.750 bits per heavy atom. The lowest BCUT2D eigenvalue weighted by atomic mass is 10.5. The van der Waals surface area contributed by atoms with Crippen LogP contribution in [0.15, 0.2) is 0 Å². The standard InChI is InChI=1S/C8H15F3O5Si.C8H14O6Si/c1-13-17(14-2,15-3)6-4-5-16-7(12)8(9,10)11;1-5-15(12-6(2)9,13-7(3)10)14-8(4)11/h4-6H2,1-3H3;5H2,1-4H3. The van der Waals surface area contributed by atoms with Crippen LogP contribution in [0, 0.1) is 0 Å². The van der Waals surface area contributed by atoms with Gasteiger partial charge in [0.25, 0.3) is 17.9 Å². The number of carbonyl (C=O) groups excluding carboxylic acids is 4. The van der Waals surface area contributed by atoms with Gasteiger partial charge in [0.15, 0.2) is 0 Å². The number of halogens is 3. The second-order valence-corrected chi connectivity index (χ2v) is 11.6. The van der Waals surface area contributed by atoms with E-state index in [1.807, 2.05) is 0 Å². The van der Waals surface area contributed by atoms with Gasteiger partial charge in [-0.05, 0) is 6.42 Å². The van der Waals surface area contributed by atoms with Crippen molar-refractivity contribution in [2.75, 3.05) is 27.9 Å². The molecule has 32 heavy (non-hydrogen) atoms. The summed E-state index contributed by atoms with van der Waals surface area (Å²) >= 11 is 0. The first-order valence-electron chi connectivity index (χ1n) is 9.10. The van der Waals surface area contributed by atoms with Crippen molar-refractivity contribution in [3.05, 3.63) is 0 Å². The quantitative estimate of drug-likeness (QED) is 0.229. The fourth-order valence-corrected chi connectivity index (χ4v) is 5.59. The fraction of sp³-hybridized carbons (Fsp3) is 0.750. The minimum atomic E-state index is -4.96. The van der Waals surface area contributed by atoms with E-state index in [-0.39, 0.29) is 25.1 Å². The molecule has 0 aliphatic rings. The maximum absolute atomic E-state index is 11.8. The zero-order valence-corrected chi connectivity index (χ0v) is 21.0. The molecule has 0 aromatic rings. The Morgan fingerprint density at radius 2 is 1.12 bits per heavy atom. The molecule has 0 aromatic carbocycles. The summed E-state index contributed by atoms with van der Waals surface area (Å²) in [4.78, 5) is 42.8. The molecule has 0 bridgehead atoms. The van der Waals surface area contributed by atoms with Crippen molar-refractivity contribution in [3.8, 4) is 0 Å². The first-order valence-corrected chi connectivity index (χ1v) is 13.0. The fourth-order valence-electron chi connectivity index (χ4n) is 2.03. The zero-order chi connectivity index (χ0) is 25.6. The Bertz CT molecular complexity index is 576. The number of esters is 1. The summed E-state index contributed by atoms with van der Waals surface area (Å²) in [6.07, 6.45) is -4.79. The van der Waals surface area contributed by atoms with Gasteiger partial charge in [-0.3, -0.25) is 14.4 Å². The van der Waals surface area contributed by atoms with Gasteiger partial charge in [0, 0.05) is 48.1 Å². The molecule has 0 rings (SSSR count). The number of carbonyl (C=O) groups is 4. The monoisotopic (exact) mass is 510 g/mol. The molecular formula is C16H29F3O11Si2. The van der Waals surface area contributed by atoms with E-state index in [2.05, 4.69) is 4.74 Å². The van der Waals surface area contributed by atoms with Gasteiger partial charge in [-0.25, -0.2) is 4.79 Å². The Morgan fingerprint density at radius 3 is 1.38 bits per heavy atom. The lowest BCUT2D eigenvalue weighted by molar-refractivity contribution is -0.199. The van der Waals surface area contributed by atoms with Crippen LogP contribution >= 0.6 is 0 Å². The third-order valence-electron chi connectivity index (χ3n) is 3.36. The normalized spacial score (nSPS) is 11.6. The Kier molecular flexibility index (Phi) is 15.0. The van der Waals surface area contributed by atoms with Gasteiger partial charge in [0.2, 0.25) is 0 Å². The molecule has 0 unspecified atom stereocenters. The predicted octanol–water partition coefficient (Wildman–Crippen LogP) is 1.99. The molecule has 0 amide bonds. The van der Waals surface area contributed by atoms with E-state index in [1.165, 1.54) is 21.3 Å². The Hall–Kier alpha value is -2.02. The molecule has 0 aliphatic carbocycles. The lowest BCUT2D eigenvalue weighted by Gasteiger charge is -2.24. The van der Waals surface area contributed by atoms with Crippen LogP contribution in [0.5, 0.6) is 0 Å². The smallest absolute Gasteiger partial charge is 0.459 e. The summed E-state index contributed by atoms with van der Waals surface area (Å²) in [5.74, 6) is -4.14. The molecule has 0 saturated carbocycles. The van der Waals surface area contributed by atoms with Crippen LogP contribution in [-0.4, -0.2) is 75.6 Å².